The summed E-state index contributed by atoms with van der Waals surface area (Å²) in [6, 6.07) is 0. The fraction of sp³-hybridized carbons (Fsp3) is 0.846. The van der Waals surface area contributed by atoms with E-state index in [1.807, 2.05) is 0 Å². The first-order chi connectivity index (χ1) is 8.55. The van der Waals surface area contributed by atoms with Crippen LogP contribution in [0, 0.1) is 5.41 Å². The van der Waals surface area contributed by atoms with E-state index in [4.69, 9.17) is 4.74 Å². The molecular formula is C13H21NO4. The largest absolute Gasteiger partial charge is 0.480 e. The summed E-state index contributed by atoms with van der Waals surface area (Å²) in [7, 11) is 0. The SMILES string of the molecule is CCCCOC(=O)C12CCC(C(=O)O)(CC1)NC2. The number of fused-ring (bicyclic) bond motifs is 3. The summed E-state index contributed by atoms with van der Waals surface area (Å²) < 4.78 is 5.31. The molecule has 3 aliphatic rings. The standard InChI is InChI=1S/C13H21NO4/c1-2-3-8-18-11(17)12-4-6-13(7-5-12,10(15)16)14-9-12/h14H,2-9H2,1H3,(H,15,16). The quantitative estimate of drug-likeness (QED) is 0.572. The number of carboxylic acid groups (broad SMARTS) is 1. The van der Waals surface area contributed by atoms with Crippen molar-refractivity contribution in [1.82, 2.24) is 5.32 Å². The number of unbranched alkanes of at least 4 members (excludes halogenated alkanes) is 1. The number of hydrogen-bond donors (Lipinski definition) is 2. The second-order valence-electron chi connectivity index (χ2n) is 5.51. The maximum absolute atomic E-state index is 12.1. The summed E-state index contributed by atoms with van der Waals surface area (Å²) >= 11 is 0. The summed E-state index contributed by atoms with van der Waals surface area (Å²) in [6.45, 7) is 2.96. The molecule has 3 rings (SSSR count). The third kappa shape index (κ3) is 2.11. The number of piperidine rings is 2. The first-order valence-electron chi connectivity index (χ1n) is 6.70. The van der Waals surface area contributed by atoms with Crippen molar-refractivity contribution in [2.45, 2.75) is 51.0 Å². The number of nitrogens with one attached hydrogen (secondary N) is 1. The van der Waals surface area contributed by atoms with E-state index in [0.29, 0.717) is 38.8 Å². The van der Waals surface area contributed by atoms with Crippen molar-refractivity contribution in [2.75, 3.05) is 13.2 Å². The Morgan fingerprint density at radius 2 is 1.94 bits per heavy atom. The van der Waals surface area contributed by atoms with Crippen molar-refractivity contribution in [1.29, 1.82) is 0 Å². The lowest BCUT2D eigenvalue weighted by atomic mass is 9.63. The molecule has 0 unspecified atom stereocenters. The van der Waals surface area contributed by atoms with Gasteiger partial charge in [0.1, 0.15) is 5.54 Å². The number of aliphatic carboxylic acids is 1. The molecule has 1 saturated carbocycles. The number of carboxylic acids is 1. The van der Waals surface area contributed by atoms with Crippen LogP contribution in [-0.4, -0.2) is 35.7 Å². The predicted octanol–water partition coefficient (Wildman–Crippen LogP) is 1.32. The minimum atomic E-state index is -0.800. The van der Waals surface area contributed by atoms with Gasteiger partial charge in [-0.3, -0.25) is 9.59 Å². The van der Waals surface area contributed by atoms with E-state index in [-0.39, 0.29) is 5.97 Å². The van der Waals surface area contributed by atoms with Gasteiger partial charge < -0.3 is 15.2 Å². The molecule has 0 aromatic carbocycles. The van der Waals surface area contributed by atoms with Crippen LogP contribution in [0.4, 0.5) is 0 Å². The van der Waals surface area contributed by atoms with E-state index in [9.17, 15) is 14.7 Å². The average Bonchev–Trinajstić information content (AvgIpc) is 2.41. The van der Waals surface area contributed by atoms with Crippen molar-refractivity contribution >= 4 is 11.9 Å². The smallest absolute Gasteiger partial charge is 0.323 e. The molecule has 102 valence electrons. The van der Waals surface area contributed by atoms with Crippen LogP contribution < -0.4 is 5.32 Å². The van der Waals surface area contributed by atoms with Gasteiger partial charge in [-0.05, 0) is 32.1 Å². The van der Waals surface area contributed by atoms with Crippen LogP contribution in [0.2, 0.25) is 0 Å². The maximum Gasteiger partial charge on any atom is 0.323 e. The Labute approximate surface area is 107 Å². The summed E-state index contributed by atoms with van der Waals surface area (Å²) in [6.07, 6.45) is 4.17. The van der Waals surface area contributed by atoms with Crippen LogP contribution in [-0.2, 0) is 14.3 Å². The summed E-state index contributed by atoms with van der Waals surface area (Å²) in [4.78, 5) is 23.4. The molecule has 0 aromatic heterocycles. The molecule has 3 fully saturated rings. The Balaban J connectivity index is 1.96. The Morgan fingerprint density at radius 1 is 1.28 bits per heavy atom. The van der Waals surface area contributed by atoms with Gasteiger partial charge in [-0.2, -0.15) is 0 Å². The predicted molar refractivity (Wildman–Crippen MR) is 65.1 cm³/mol. The van der Waals surface area contributed by atoms with Gasteiger partial charge in [0.15, 0.2) is 0 Å². The third-order valence-electron chi connectivity index (χ3n) is 4.40. The zero-order valence-electron chi connectivity index (χ0n) is 10.8. The van der Waals surface area contributed by atoms with Gasteiger partial charge in [-0.15, -0.1) is 0 Å². The Hall–Kier alpha value is -1.10. The van der Waals surface area contributed by atoms with E-state index in [2.05, 4.69) is 12.2 Å². The first-order valence-corrected chi connectivity index (χ1v) is 6.70. The van der Waals surface area contributed by atoms with Gasteiger partial charge in [-0.25, -0.2) is 0 Å². The molecule has 18 heavy (non-hydrogen) atoms. The van der Waals surface area contributed by atoms with Crippen LogP contribution in [0.1, 0.15) is 45.4 Å². The van der Waals surface area contributed by atoms with E-state index in [0.717, 1.165) is 12.8 Å². The van der Waals surface area contributed by atoms with Crippen LogP contribution in [0.3, 0.4) is 0 Å². The highest BCUT2D eigenvalue weighted by Gasteiger charge is 2.56. The van der Waals surface area contributed by atoms with Gasteiger partial charge in [0.05, 0.1) is 12.0 Å². The molecular weight excluding hydrogens is 234 g/mol. The fourth-order valence-electron chi connectivity index (χ4n) is 2.88. The van der Waals surface area contributed by atoms with Crippen LogP contribution >= 0.6 is 0 Å². The molecule has 2 aliphatic heterocycles. The van der Waals surface area contributed by atoms with Crippen molar-refractivity contribution in [2.24, 2.45) is 5.41 Å². The minimum Gasteiger partial charge on any atom is -0.480 e. The zero-order chi connectivity index (χ0) is 13.2. The minimum absolute atomic E-state index is 0.151. The maximum atomic E-state index is 12.1. The second-order valence-corrected chi connectivity index (χ2v) is 5.51. The van der Waals surface area contributed by atoms with Crippen LogP contribution in [0.15, 0.2) is 0 Å². The van der Waals surface area contributed by atoms with Crippen molar-refractivity contribution in [3.05, 3.63) is 0 Å². The summed E-state index contributed by atoms with van der Waals surface area (Å²) in [5.41, 5.74) is -1.28. The third-order valence-corrected chi connectivity index (χ3v) is 4.40. The van der Waals surface area contributed by atoms with Crippen LogP contribution in [0.25, 0.3) is 0 Å². The van der Waals surface area contributed by atoms with E-state index in [1.165, 1.54) is 0 Å². The number of ether oxygens (including phenoxy) is 1. The highest BCUT2D eigenvalue weighted by Crippen LogP contribution is 2.46. The number of carbonyl (C=O) groups excluding carboxylic acids is 1. The summed E-state index contributed by atoms with van der Waals surface area (Å²) in [5.74, 6) is -0.947. The van der Waals surface area contributed by atoms with Gasteiger partial charge in [0.2, 0.25) is 0 Å². The van der Waals surface area contributed by atoms with Gasteiger partial charge in [0, 0.05) is 6.54 Å². The molecule has 0 spiro atoms. The fourth-order valence-corrected chi connectivity index (χ4v) is 2.88. The number of carbonyl (C=O) groups is 2. The van der Waals surface area contributed by atoms with Crippen molar-refractivity contribution in [3.8, 4) is 0 Å². The molecule has 5 heteroatoms. The molecule has 5 nitrogen and oxygen atoms in total. The molecule has 0 atom stereocenters. The molecule has 1 aliphatic carbocycles. The molecule has 2 heterocycles. The van der Waals surface area contributed by atoms with E-state index < -0.39 is 16.9 Å². The Kier molecular flexibility index (Phi) is 3.61. The Bertz CT molecular complexity index is 328. The summed E-state index contributed by atoms with van der Waals surface area (Å²) in [5, 5.41) is 12.3. The molecule has 2 N–H and O–H groups in total. The van der Waals surface area contributed by atoms with Crippen molar-refractivity contribution < 1.29 is 19.4 Å². The highest BCUT2D eigenvalue weighted by molar-refractivity contribution is 5.83. The van der Waals surface area contributed by atoms with Gasteiger partial charge in [0.25, 0.3) is 0 Å². The Morgan fingerprint density at radius 3 is 2.39 bits per heavy atom. The first kappa shape index (κ1) is 13.3. The van der Waals surface area contributed by atoms with Crippen LogP contribution in [0.5, 0.6) is 0 Å². The lowest BCUT2D eigenvalue weighted by Crippen LogP contribution is -2.66. The zero-order valence-corrected chi connectivity index (χ0v) is 10.8. The number of rotatable bonds is 5. The van der Waals surface area contributed by atoms with E-state index >= 15 is 0 Å². The van der Waals surface area contributed by atoms with Crippen molar-refractivity contribution in [3.63, 3.8) is 0 Å². The molecule has 2 saturated heterocycles. The molecule has 0 amide bonds. The second kappa shape index (κ2) is 4.88. The van der Waals surface area contributed by atoms with Gasteiger partial charge in [-0.1, -0.05) is 13.3 Å². The lowest BCUT2D eigenvalue weighted by molar-refractivity contribution is -0.168. The monoisotopic (exact) mass is 255 g/mol. The molecule has 0 aromatic rings. The topological polar surface area (TPSA) is 75.6 Å². The highest BCUT2D eigenvalue weighted by atomic mass is 16.5. The van der Waals surface area contributed by atoms with Gasteiger partial charge >= 0.3 is 11.9 Å². The molecule has 2 bridgehead atoms. The number of hydrogen-bond acceptors (Lipinski definition) is 4. The van der Waals surface area contributed by atoms with E-state index in [1.54, 1.807) is 0 Å². The number of esters is 1. The molecule has 0 radical (unpaired) electrons. The lowest BCUT2D eigenvalue weighted by Gasteiger charge is -2.50. The normalized spacial score (nSPS) is 34.3. The average molecular weight is 255 g/mol.